The summed E-state index contributed by atoms with van der Waals surface area (Å²) in [5.41, 5.74) is 1.73. The highest BCUT2D eigenvalue weighted by atomic mass is 32.2. The molecule has 7 heteroatoms. The van der Waals surface area contributed by atoms with Crippen molar-refractivity contribution in [3.63, 3.8) is 0 Å². The predicted molar refractivity (Wildman–Crippen MR) is 84.7 cm³/mol. The molecule has 0 aromatic carbocycles. The van der Waals surface area contributed by atoms with Gasteiger partial charge in [-0.15, -0.1) is 11.3 Å². The first-order chi connectivity index (χ1) is 9.95. The molecule has 0 radical (unpaired) electrons. The van der Waals surface area contributed by atoms with Crippen LogP contribution in [0.25, 0.3) is 0 Å². The number of aromatic nitrogens is 1. The van der Waals surface area contributed by atoms with Crippen LogP contribution in [0.1, 0.15) is 16.1 Å². The van der Waals surface area contributed by atoms with E-state index in [1.54, 1.807) is 19.3 Å². The Bertz CT molecular complexity index is 696. The third kappa shape index (κ3) is 3.68. The third-order valence-corrected chi connectivity index (χ3v) is 6.60. The Morgan fingerprint density at radius 3 is 2.76 bits per heavy atom. The summed E-state index contributed by atoms with van der Waals surface area (Å²) in [6.45, 7) is 2.87. The van der Waals surface area contributed by atoms with Crippen LogP contribution in [0.15, 0.2) is 34.7 Å². The van der Waals surface area contributed by atoms with Gasteiger partial charge in [-0.3, -0.25) is 4.98 Å². The Morgan fingerprint density at radius 2 is 2.14 bits per heavy atom. The van der Waals surface area contributed by atoms with Crippen molar-refractivity contribution >= 4 is 21.4 Å². The molecule has 0 atom stereocenters. The van der Waals surface area contributed by atoms with E-state index in [0.29, 0.717) is 10.8 Å². The average Bonchev–Trinajstić information content (AvgIpc) is 2.82. The minimum absolute atomic E-state index is 0.265. The Morgan fingerprint density at radius 1 is 1.38 bits per heavy atom. The van der Waals surface area contributed by atoms with Gasteiger partial charge in [0.15, 0.2) is 0 Å². The van der Waals surface area contributed by atoms with E-state index in [9.17, 15) is 8.42 Å². The van der Waals surface area contributed by atoms with Gasteiger partial charge in [0.25, 0.3) is 10.0 Å². The summed E-state index contributed by atoms with van der Waals surface area (Å²) in [7, 11) is -0.0452. The molecule has 0 aliphatic rings. The molecule has 0 fully saturated rings. The van der Waals surface area contributed by atoms with Gasteiger partial charge in [0.2, 0.25) is 0 Å². The molecule has 0 saturated carbocycles. The fourth-order valence-electron chi connectivity index (χ4n) is 1.91. The van der Waals surface area contributed by atoms with Crippen molar-refractivity contribution in [2.24, 2.45) is 0 Å². The van der Waals surface area contributed by atoms with Crippen LogP contribution in [0, 0.1) is 6.92 Å². The SMILES string of the molecule is CNCc1sc(S(=O)(=O)N(C)Cc2ccccn2)cc1C. The maximum absolute atomic E-state index is 12.6. The maximum atomic E-state index is 12.6. The molecule has 0 amide bonds. The average molecular weight is 325 g/mol. The molecular formula is C14H19N3O2S2. The molecule has 0 unspecified atom stereocenters. The summed E-state index contributed by atoms with van der Waals surface area (Å²) in [5.74, 6) is 0. The number of thiophene rings is 1. The van der Waals surface area contributed by atoms with Crippen molar-refractivity contribution in [2.45, 2.75) is 24.2 Å². The van der Waals surface area contributed by atoms with Gasteiger partial charge in [-0.25, -0.2) is 8.42 Å². The van der Waals surface area contributed by atoms with Crippen molar-refractivity contribution in [1.82, 2.24) is 14.6 Å². The third-order valence-electron chi connectivity index (χ3n) is 3.11. The number of sulfonamides is 1. The van der Waals surface area contributed by atoms with Crippen molar-refractivity contribution in [1.29, 1.82) is 0 Å². The fourth-order valence-corrected chi connectivity index (χ4v) is 4.87. The van der Waals surface area contributed by atoms with E-state index in [0.717, 1.165) is 16.1 Å². The number of aryl methyl sites for hydroxylation is 1. The standard InChI is InChI=1S/C14H19N3O2S2/c1-11-8-14(20-13(11)9-15-2)21(18,19)17(3)10-12-6-4-5-7-16-12/h4-8,15H,9-10H2,1-3H3. The Kier molecular flexibility index (Phi) is 5.10. The Labute approximate surface area is 129 Å². The molecule has 5 nitrogen and oxygen atoms in total. The zero-order chi connectivity index (χ0) is 15.5. The van der Waals surface area contributed by atoms with Crippen LogP contribution >= 0.6 is 11.3 Å². The summed E-state index contributed by atoms with van der Waals surface area (Å²) in [6.07, 6.45) is 1.66. The molecule has 2 aromatic heterocycles. The van der Waals surface area contributed by atoms with E-state index in [2.05, 4.69) is 10.3 Å². The monoisotopic (exact) mass is 325 g/mol. The number of nitrogens with one attached hydrogen (secondary N) is 1. The highest BCUT2D eigenvalue weighted by Crippen LogP contribution is 2.28. The van der Waals surface area contributed by atoms with Gasteiger partial charge in [-0.1, -0.05) is 6.07 Å². The van der Waals surface area contributed by atoms with Crippen LogP contribution in [0.4, 0.5) is 0 Å². The second kappa shape index (κ2) is 6.65. The largest absolute Gasteiger partial charge is 0.315 e. The van der Waals surface area contributed by atoms with Crippen molar-refractivity contribution in [2.75, 3.05) is 14.1 Å². The molecular weight excluding hydrogens is 306 g/mol. The zero-order valence-electron chi connectivity index (χ0n) is 12.3. The van der Waals surface area contributed by atoms with Crippen molar-refractivity contribution in [3.8, 4) is 0 Å². The zero-order valence-corrected chi connectivity index (χ0v) is 14.0. The smallest absolute Gasteiger partial charge is 0.252 e. The van der Waals surface area contributed by atoms with Crippen LogP contribution in [-0.2, 0) is 23.1 Å². The van der Waals surface area contributed by atoms with Gasteiger partial charge >= 0.3 is 0 Å². The molecule has 2 heterocycles. The molecule has 0 aliphatic carbocycles. The first-order valence-corrected chi connectivity index (χ1v) is 8.81. The van der Waals surface area contributed by atoms with Crippen LogP contribution < -0.4 is 5.32 Å². The van der Waals surface area contributed by atoms with E-state index in [4.69, 9.17) is 0 Å². The van der Waals surface area contributed by atoms with Crippen LogP contribution in [0.5, 0.6) is 0 Å². The second-order valence-electron chi connectivity index (χ2n) is 4.78. The molecule has 0 bridgehead atoms. The van der Waals surface area contributed by atoms with Gasteiger partial charge in [0.1, 0.15) is 4.21 Å². The van der Waals surface area contributed by atoms with Gasteiger partial charge in [0, 0.05) is 24.7 Å². The molecule has 2 rings (SSSR count). The predicted octanol–water partition coefficient (Wildman–Crippen LogP) is 1.99. The number of hydrogen-bond donors (Lipinski definition) is 1. The van der Waals surface area contributed by atoms with Crippen molar-refractivity contribution < 1.29 is 8.42 Å². The summed E-state index contributed by atoms with van der Waals surface area (Å²) in [5, 5.41) is 3.05. The highest BCUT2D eigenvalue weighted by molar-refractivity contribution is 7.91. The molecule has 21 heavy (non-hydrogen) atoms. The number of hydrogen-bond acceptors (Lipinski definition) is 5. The van der Waals surface area contributed by atoms with Gasteiger partial charge < -0.3 is 5.32 Å². The number of pyridine rings is 1. The molecule has 0 spiro atoms. The van der Waals surface area contributed by atoms with E-state index < -0.39 is 10.0 Å². The summed E-state index contributed by atoms with van der Waals surface area (Å²) in [4.78, 5) is 5.21. The lowest BCUT2D eigenvalue weighted by atomic mass is 10.3. The lowest BCUT2D eigenvalue weighted by Gasteiger charge is -2.15. The minimum atomic E-state index is -3.47. The normalized spacial score (nSPS) is 12.0. The molecule has 1 N–H and O–H groups in total. The molecule has 2 aromatic rings. The highest BCUT2D eigenvalue weighted by Gasteiger charge is 2.24. The summed E-state index contributed by atoms with van der Waals surface area (Å²) in [6, 6.07) is 7.22. The van der Waals surface area contributed by atoms with E-state index in [1.807, 2.05) is 32.2 Å². The maximum Gasteiger partial charge on any atom is 0.252 e. The van der Waals surface area contributed by atoms with Crippen molar-refractivity contribution in [3.05, 3.63) is 46.6 Å². The van der Waals surface area contributed by atoms with Crippen LogP contribution in [0.3, 0.4) is 0 Å². The van der Waals surface area contributed by atoms with Crippen LogP contribution in [0.2, 0.25) is 0 Å². The molecule has 114 valence electrons. The summed E-state index contributed by atoms with van der Waals surface area (Å²) < 4.78 is 26.9. The minimum Gasteiger partial charge on any atom is -0.315 e. The van der Waals surface area contributed by atoms with E-state index in [-0.39, 0.29) is 6.54 Å². The van der Waals surface area contributed by atoms with E-state index >= 15 is 0 Å². The Balaban J connectivity index is 2.23. The Hall–Kier alpha value is -1.28. The lowest BCUT2D eigenvalue weighted by Crippen LogP contribution is -2.26. The topological polar surface area (TPSA) is 62.3 Å². The lowest BCUT2D eigenvalue weighted by molar-refractivity contribution is 0.464. The number of rotatable bonds is 6. The first-order valence-electron chi connectivity index (χ1n) is 6.55. The molecule has 0 saturated heterocycles. The quantitative estimate of drug-likeness (QED) is 0.882. The summed E-state index contributed by atoms with van der Waals surface area (Å²) >= 11 is 1.32. The van der Waals surface area contributed by atoms with Gasteiger partial charge in [-0.05, 0) is 37.7 Å². The van der Waals surface area contributed by atoms with Gasteiger partial charge in [-0.2, -0.15) is 4.31 Å². The van der Waals surface area contributed by atoms with Crippen LogP contribution in [-0.4, -0.2) is 31.8 Å². The fraction of sp³-hybridized carbons (Fsp3) is 0.357. The number of nitrogens with zero attached hydrogens (tertiary/aromatic N) is 2. The first kappa shape index (κ1) is 16.1. The second-order valence-corrected chi connectivity index (χ2v) is 8.19. The van der Waals surface area contributed by atoms with E-state index in [1.165, 1.54) is 15.6 Å². The van der Waals surface area contributed by atoms with Gasteiger partial charge in [0.05, 0.1) is 12.2 Å². The molecule has 0 aliphatic heterocycles.